The molecule has 0 fully saturated rings. The van der Waals surface area contributed by atoms with Gasteiger partial charge < -0.3 is 10.5 Å². The zero-order valence-corrected chi connectivity index (χ0v) is 10.1. The zero-order valence-electron chi connectivity index (χ0n) is 10.1. The predicted molar refractivity (Wildman–Crippen MR) is 69.3 cm³/mol. The number of hydrogen-bond donors (Lipinski definition) is 1. The highest BCUT2D eigenvalue weighted by atomic mass is 16.5. The van der Waals surface area contributed by atoms with Crippen molar-refractivity contribution in [2.24, 2.45) is 0 Å². The molecule has 0 amide bonds. The van der Waals surface area contributed by atoms with Crippen molar-refractivity contribution >= 4 is 5.69 Å². The standard InChI is InChI=1S/C14H16N2O/c1-3-11-4-6-12(7-5-11)17-14-8-10(2)13(15)9-16-14/h4-9H,3,15H2,1-2H3. The van der Waals surface area contributed by atoms with Crippen LogP contribution >= 0.6 is 0 Å². The van der Waals surface area contributed by atoms with Gasteiger partial charge in [0, 0.05) is 6.07 Å². The van der Waals surface area contributed by atoms with Gasteiger partial charge in [-0.3, -0.25) is 0 Å². The lowest BCUT2D eigenvalue weighted by molar-refractivity contribution is 0.462. The van der Waals surface area contributed by atoms with Crippen LogP contribution < -0.4 is 10.5 Å². The third-order valence-electron chi connectivity index (χ3n) is 2.68. The normalized spacial score (nSPS) is 10.2. The molecule has 2 rings (SSSR count). The molecule has 0 atom stereocenters. The van der Waals surface area contributed by atoms with E-state index in [1.54, 1.807) is 6.20 Å². The molecular formula is C14H16N2O. The number of aryl methyl sites for hydroxylation is 2. The number of benzene rings is 1. The Kier molecular flexibility index (Phi) is 3.28. The number of pyridine rings is 1. The molecular weight excluding hydrogens is 212 g/mol. The molecule has 88 valence electrons. The van der Waals surface area contributed by atoms with E-state index >= 15 is 0 Å². The summed E-state index contributed by atoms with van der Waals surface area (Å²) in [7, 11) is 0. The highest BCUT2D eigenvalue weighted by molar-refractivity contribution is 5.46. The van der Waals surface area contributed by atoms with E-state index in [1.165, 1.54) is 5.56 Å². The van der Waals surface area contributed by atoms with Crippen LogP contribution in [0.2, 0.25) is 0 Å². The van der Waals surface area contributed by atoms with E-state index in [2.05, 4.69) is 24.0 Å². The smallest absolute Gasteiger partial charge is 0.219 e. The molecule has 2 aromatic rings. The lowest BCUT2D eigenvalue weighted by Crippen LogP contribution is -1.94. The molecule has 0 aliphatic rings. The first-order valence-corrected chi connectivity index (χ1v) is 5.68. The minimum Gasteiger partial charge on any atom is -0.439 e. The number of rotatable bonds is 3. The van der Waals surface area contributed by atoms with E-state index in [1.807, 2.05) is 25.1 Å². The summed E-state index contributed by atoms with van der Waals surface area (Å²) in [5, 5.41) is 0. The highest BCUT2D eigenvalue weighted by Gasteiger charge is 2.01. The molecule has 17 heavy (non-hydrogen) atoms. The summed E-state index contributed by atoms with van der Waals surface area (Å²) < 4.78 is 5.65. The molecule has 1 aromatic heterocycles. The largest absolute Gasteiger partial charge is 0.439 e. The van der Waals surface area contributed by atoms with Crippen molar-refractivity contribution in [3.05, 3.63) is 47.7 Å². The Morgan fingerprint density at radius 3 is 2.53 bits per heavy atom. The lowest BCUT2D eigenvalue weighted by Gasteiger charge is -2.07. The summed E-state index contributed by atoms with van der Waals surface area (Å²) in [5.41, 5.74) is 8.64. The molecule has 3 heteroatoms. The van der Waals surface area contributed by atoms with Crippen LogP contribution in [-0.4, -0.2) is 4.98 Å². The first kappa shape index (κ1) is 11.5. The van der Waals surface area contributed by atoms with Gasteiger partial charge >= 0.3 is 0 Å². The van der Waals surface area contributed by atoms with Crippen molar-refractivity contribution in [3.8, 4) is 11.6 Å². The van der Waals surface area contributed by atoms with Crippen LogP contribution in [0.3, 0.4) is 0 Å². The van der Waals surface area contributed by atoms with Gasteiger partial charge in [0.05, 0.1) is 11.9 Å². The summed E-state index contributed by atoms with van der Waals surface area (Å²) in [6.07, 6.45) is 2.64. The van der Waals surface area contributed by atoms with E-state index in [4.69, 9.17) is 10.5 Å². The topological polar surface area (TPSA) is 48.1 Å². The van der Waals surface area contributed by atoms with Crippen molar-refractivity contribution in [1.29, 1.82) is 0 Å². The monoisotopic (exact) mass is 228 g/mol. The Balaban J connectivity index is 2.16. The van der Waals surface area contributed by atoms with Crippen LogP contribution in [0.5, 0.6) is 11.6 Å². The summed E-state index contributed by atoms with van der Waals surface area (Å²) in [6, 6.07) is 9.85. The number of nitrogen functional groups attached to an aromatic ring is 1. The average Bonchev–Trinajstić information content (AvgIpc) is 2.35. The number of hydrogen-bond acceptors (Lipinski definition) is 3. The lowest BCUT2D eigenvalue weighted by atomic mass is 10.2. The molecule has 0 aliphatic heterocycles. The van der Waals surface area contributed by atoms with Crippen LogP contribution in [-0.2, 0) is 6.42 Å². The fraction of sp³-hybridized carbons (Fsp3) is 0.214. The van der Waals surface area contributed by atoms with Crippen molar-refractivity contribution in [2.45, 2.75) is 20.3 Å². The van der Waals surface area contributed by atoms with E-state index < -0.39 is 0 Å². The average molecular weight is 228 g/mol. The van der Waals surface area contributed by atoms with Gasteiger partial charge in [0.15, 0.2) is 0 Å². The van der Waals surface area contributed by atoms with Gasteiger partial charge in [-0.05, 0) is 36.6 Å². The quantitative estimate of drug-likeness (QED) is 0.876. The molecule has 0 unspecified atom stereocenters. The molecule has 0 saturated carbocycles. The number of anilines is 1. The first-order valence-electron chi connectivity index (χ1n) is 5.68. The van der Waals surface area contributed by atoms with Crippen LogP contribution in [0.4, 0.5) is 5.69 Å². The fourth-order valence-corrected chi connectivity index (χ4v) is 1.51. The molecule has 2 N–H and O–H groups in total. The van der Waals surface area contributed by atoms with Gasteiger partial charge in [0.1, 0.15) is 5.75 Å². The molecule has 3 nitrogen and oxygen atoms in total. The zero-order chi connectivity index (χ0) is 12.3. The van der Waals surface area contributed by atoms with Crippen molar-refractivity contribution < 1.29 is 4.74 Å². The van der Waals surface area contributed by atoms with Crippen molar-refractivity contribution in [3.63, 3.8) is 0 Å². The van der Waals surface area contributed by atoms with Crippen LogP contribution in [0.15, 0.2) is 36.5 Å². The molecule has 0 aliphatic carbocycles. The number of nitrogens with two attached hydrogens (primary N) is 1. The summed E-state index contributed by atoms with van der Waals surface area (Å²) >= 11 is 0. The van der Waals surface area contributed by atoms with E-state index in [9.17, 15) is 0 Å². The van der Waals surface area contributed by atoms with Gasteiger partial charge in [-0.2, -0.15) is 0 Å². The fourth-order valence-electron chi connectivity index (χ4n) is 1.51. The Morgan fingerprint density at radius 1 is 1.24 bits per heavy atom. The molecule has 0 saturated heterocycles. The van der Waals surface area contributed by atoms with Gasteiger partial charge in [-0.25, -0.2) is 4.98 Å². The summed E-state index contributed by atoms with van der Waals surface area (Å²) in [5.74, 6) is 1.36. The molecule has 0 spiro atoms. The molecule has 0 radical (unpaired) electrons. The number of nitrogens with zero attached hydrogens (tertiary/aromatic N) is 1. The van der Waals surface area contributed by atoms with E-state index in [0.717, 1.165) is 17.7 Å². The third kappa shape index (κ3) is 2.75. The first-order chi connectivity index (χ1) is 8.19. The van der Waals surface area contributed by atoms with Gasteiger partial charge in [0.2, 0.25) is 5.88 Å². The maximum atomic E-state index is 5.70. The number of aromatic nitrogens is 1. The Morgan fingerprint density at radius 2 is 1.94 bits per heavy atom. The number of ether oxygens (including phenoxy) is 1. The van der Waals surface area contributed by atoms with Gasteiger partial charge in [-0.15, -0.1) is 0 Å². The Labute approximate surface area is 101 Å². The maximum Gasteiger partial charge on any atom is 0.219 e. The summed E-state index contributed by atoms with van der Waals surface area (Å²) in [4.78, 5) is 4.13. The van der Waals surface area contributed by atoms with Crippen molar-refractivity contribution in [2.75, 3.05) is 5.73 Å². The molecule has 1 aromatic carbocycles. The second kappa shape index (κ2) is 4.87. The Hall–Kier alpha value is -2.03. The third-order valence-corrected chi connectivity index (χ3v) is 2.68. The van der Waals surface area contributed by atoms with Crippen LogP contribution in [0.1, 0.15) is 18.1 Å². The van der Waals surface area contributed by atoms with Crippen LogP contribution in [0.25, 0.3) is 0 Å². The van der Waals surface area contributed by atoms with Crippen molar-refractivity contribution in [1.82, 2.24) is 4.98 Å². The SMILES string of the molecule is CCc1ccc(Oc2cc(C)c(N)cn2)cc1. The predicted octanol–water partition coefficient (Wildman–Crippen LogP) is 3.33. The second-order valence-corrected chi connectivity index (χ2v) is 3.98. The highest BCUT2D eigenvalue weighted by Crippen LogP contribution is 2.22. The molecule has 1 heterocycles. The minimum absolute atomic E-state index is 0.570. The van der Waals surface area contributed by atoms with E-state index in [0.29, 0.717) is 11.6 Å². The van der Waals surface area contributed by atoms with Gasteiger partial charge in [0.25, 0.3) is 0 Å². The van der Waals surface area contributed by atoms with E-state index in [-0.39, 0.29) is 0 Å². The summed E-state index contributed by atoms with van der Waals surface area (Å²) in [6.45, 7) is 4.06. The second-order valence-electron chi connectivity index (χ2n) is 3.98. The van der Waals surface area contributed by atoms with Gasteiger partial charge in [-0.1, -0.05) is 19.1 Å². The molecule has 0 bridgehead atoms. The Bertz CT molecular complexity index is 506. The minimum atomic E-state index is 0.570. The maximum absolute atomic E-state index is 5.70. The van der Waals surface area contributed by atoms with Crippen LogP contribution in [0, 0.1) is 6.92 Å².